The topological polar surface area (TPSA) is 42.3 Å². The van der Waals surface area contributed by atoms with E-state index in [1.165, 1.54) is 0 Å². The molecule has 0 bridgehead atoms. The van der Waals surface area contributed by atoms with Crippen LogP contribution in [0.2, 0.25) is 0 Å². The molecule has 0 atom stereocenters. The molecular formula is C6H15NO2Si. The molecule has 0 aliphatic heterocycles. The van der Waals surface area contributed by atoms with Gasteiger partial charge in [0.15, 0.2) is 0 Å². The van der Waals surface area contributed by atoms with E-state index in [9.17, 15) is 0 Å². The van der Waals surface area contributed by atoms with Gasteiger partial charge in [-0.3, -0.25) is 0 Å². The zero-order valence-electron chi connectivity index (χ0n) is 6.81. The molecule has 1 N–H and O–H groups in total. The molecule has 0 fully saturated rings. The van der Waals surface area contributed by atoms with Gasteiger partial charge in [0.25, 0.3) is 0 Å². The Labute approximate surface area is 63.7 Å². The van der Waals surface area contributed by atoms with Gasteiger partial charge in [-0.05, 0) is 6.42 Å². The third-order valence-electron chi connectivity index (χ3n) is 1.23. The minimum Gasteiger partial charge on any atom is -0.396 e. The maximum Gasteiger partial charge on any atom is 0.369 e. The fraction of sp³-hybridized carbons (Fsp3) is 0.833. The van der Waals surface area contributed by atoms with Crippen LogP contribution in [-0.2, 0) is 8.85 Å². The van der Waals surface area contributed by atoms with Crippen LogP contribution in [0.5, 0.6) is 0 Å². The van der Waals surface area contributed by atoms with Crippen molar-refractivity contribution in [1.82, 2.24) is 0 Å². The van der Waals surface area contributed by atoms with Crippen LogP contribution < -0.4 is 0 Å². The van der Waals surface area contributed by atoms with Crippen molar-refractivity contribution in [3.05, 3.63) is 0 Å². The average molecular weight is 161 g/mol. The normalized spacial score (nSPS) is 10.4. The van der Waals surface area contributed by atoms with Crippen LogP contribution in [0, 0.1) is 5.41 Å². The molecule has 0 rings (SSSR count). The third kappa shape index (κ3) is 3.10. The maximum absolute atomic E-state index is 7.46. The van der Waals surface area contributed by atoms with Crippen molar-refractivity contribution in [3.63, 3.8) is 0 Å². The van der Waals surface area contributed by atoms with Crippen molar-refractivity contribution < 1.29 is 8.85 Å². The molecule has 0 aromatic rings. The lowest BCUT2D eigenvalue weighted by Gasteiger charge is -2.10. The summed E-state index contributed by atoms with van der Waals surface area (Å²) in [4.78, 5) is 0. The van der Waals surface area contributed by atoms with E-state index >= 15 is 0 Å². The number of hydrogen-bond donors (Lipinski definition) is 1. The van der Waals surface area contributed by atoms with Crippen molar-refractivity contribution in [2.75, 3.05) is 14.2 Å². The molecule has 10 heavy (non-hydrogen) atoms. The fourth-order valence-corrected chi connectivity index (χ4v) is 2.05. The molecule has 0 amide bonds. The summed E-state index contributed by atoms with van der Waals surface area (Å²) in [6.07, 6.45) is 1.80. The Kier molecular flexibility index (Phi) is 5.47. The van der Waals surface area contributed by atoms with Gasteiger partial charge < -0.3 is 14.3 Å². The second-order valence-electron chi connectivity index (χ2n) is 2.08. The van der Waals surface area contributed by atoms with E-state index in [1.807, 2.05) is 6.92 Å². The Morgan fingerprint density at radius 3 is 2.20 bits per heavy atom. The van der Waals surface area contributed by atoms with Crippen LogP contribution in [0.15, 0.2) is 0 Å². The molecule has 0 saturated carbocycles. The molecule has 4 heteroatoms. The van der Waals surface area contributed by atoms with Gasteiger partial charge in [-0.1, -0.05) is 13.3 Å². The van der Waals surface area contributed by atoms with Crippen LogP contribution in [0.1, 0.15) is 19.8 Å². The molecule has 3 nitrogen and oxygen atoms in total. The Balaban J connectivity index is 3.65. The van der Waals surface area contributed by atoms with E-state index in [1.54, 1.807) is 14.2 Å². The van der Waals surface area contributed by atoms with Crippen LogP contribution >= 0.6 is 0 Å². The molecule has 0 aliphatic rings. The summed E-state index contributed by atoms with van der Waals surface area (Å²) in [5.41, 5.74) is 0. The molecule has 0 spiro atoms. The van der Waals surface area contributed by atoms with Gasteiger partial charge in [0.05, 0.1) is 0 Å². The highest BCUT2D eigenvalue weighted by atomic mass is 28.3. The van der Waals surface area contributed by atoms with Gasteiger partial charge in [-0.15, -0.1) is 0 Å². The highest BCUT2D eigenvalue weighted by molar-refractivity contribution is 6.81. The van der Waals surface area contributed by atoms with E-state index in [-0.39, 0.29) is 0 Å². The quantitative estimate of drug-likeness (QED) is 0.480. The van der Waals surface area contributed by atoms with Crippen LogP contribution in [0.3, 0.4) is 0 Å². The summed E-state index contributed by atoms with van der Waals surface area (Å²) in [5, 5.41) is 8.10. The van der Waals surface area contributed by atoms with Crippen molar-refractivity contribution in [2.24, 2.45) is 0 Å². The summed E-state index contributed by atoms with van der Waals surface area (Å²) in [5.74, 6) is 0. The predicted octanol–water partition coefficient (Wildman–Crippen LogP) is 0.859. The zero-order chi connectivity index (χ0) is 7.98. The summed E-state index contributed by atoms with van der Waals surface area (Å²) in [6.45, 7) is 2.05. The van der Waals surface area contributed by atoms with Crippen LogP contribution in [0.25, 0.3) is 0 Å². The Morgan fingerprint density at radius 1 is 1.40 bits per heavy atom. The second kappa shape index (κ2) is 5.58. The number of rotatable bonds is 5. The minimum absolute atomic E-state index is 0.646. The summed E-state index contributed by atoms with van der Waals surface area (Å²) in [6, 6.07) is 0. The van der Waals surface area contributed by atoms with E-state index in [0.717, 1.165) is 12.8 Å². The SMILES string of the molecule is CCCC(=N)[SiH](OC)OC. The molecule has 0 aliphatic carbocycles. The van der Waals surface area contributed by atoms with E-state index < -0.39 is 9.28 Å². The average Bonchev–Trinajstić information content (AvgIpc) is 1.91. The second-order valence-corrected chi connectivity index (χ2v) is 4.38. The number of hydrogen-bond acceptors (Lipinski definition) is 3. The standard InChI is InChI=1S/C6H15NO2Si/c1-4-5-6(7)10(8-2)9-3/h7,10H,4-5H2,1-3H3. The molecular weight excluding hydrogens is 146 g/mol. The van der Waals surface area contributed by atoms with Crippen molar-refractivity contribution in [1.29, 1.82) is 5.41 Å². The first kappa shape index (κ1) is 9.81. The van der Waals surface area contributed by atoms with Gasteiger partial charge in [0.2, 0.25) is 0 Å². The molecule has 0 aromatic heterocycles. The van der Waals surface area contributed by atoms with Gasteiger partial charge in [-0.2, -0.15) is 0 Å². The summed E-state index contributed by atoms with van der Waals surface area (Å²) >= 11 is 0. The lowest BCUT2D eigenvalue weighted by atomic mass is 10.4. The van der Waals surface area contributed by atoms with Gasteiger partial charge in [0.1, 0.15) is 0 Å². The first-order chi connectivity index (χ1) is 4.76. The number of nitrogens with one attached hydrogen (secondary N) is 1. The molecule has 0 aromatic carbocycles. The monoisotopic (exact) mass is 161 g/mol. The third-order valence-corrected chi connectivity index (χ3v) is 2.95. The smallest absolute Gasteiger partial charge is 0.369 e. The Hall–Kier alpha value is -0.193. The van der Waals surface area contributed by atoms with Gasteiger partial charge in [0, 0.05) is 19.6 Å². The van der Waals surface area contributed by atoms with E-state index in [4.69, 9.17) is 14.3 Å². The maximum atomic E-state index is 7.46. The molecule has 0 saturated heterocycles. The lowest BCUT2D eigenvalue weighted by Crippen LogP contribution is -2.30. The first-order valence-corrected chi connectivity index (χ1v) is 4.91. The van der Waals surface area contributed by atoms with Crippen molar-refractivity contribution in [2.45, 2.75) is 19.8 Å². The molecule has 0 heterocycles. The first-order valence-electron chi connectivity index (χ1n) is 3.39. The van der Waals surface area contributed by atoms with Crippen LogP contribution in [0.4, 0.5) is 0 Å². The molecule has 0 radical (unpaired) electrons. The van der Waals surface area contributed by atoms with Gasteiger partial charge in [-0.25, -0.2) is 0 Å². The summed E-state index contributed by atoms with van der Waals surface area (Å²) < 4.78 is 10.0. The fourth-order valence-electron chi connectivity index (χ4n) is 0.768. The van der Waals surface area contributed by atoms with Crippen molar-refractivity contribution >= 4 is 14.6 Å². The van der Waals surface area contributed by atoms with Crippen molar-refractivity contribution in [3.8, 4) is 0 Å². The lowest BCUT2D eigenvalue weighted by molar-refractivity contribution is 0.294. The van der Waals surface area contributed by atoms with E-state index in [2.05, 4.69) is 0 Å². The van der Waals surface area contributed by atoms with Gasteiger partial charge >= 0.3 is 9.28 Å². The largest absolute Gasteiger partial charge is 0.396 e. The van der Waals surface area contributed by atoms with E-state index in [0.29, 0.717) is 5.33 Å². The highest BCUT2D eigenvalue weighted by Gasteiger charge is 2.14. The minimum atomic E-state index is -1.72. The Bertz CT molecular complexity index is 104. The zero-order valence-corrected chi connectivity index (χ0v) is 7.96. The predicted molar refractivity (Wildman–Crippen MR) is 43.8 cm³/mol. The van der Waals surface area contributed by atoms with Crippen LogP contribution in [-0.4, -0.2) is 28.8 Å². The summed E-state index contributed by atoms with van der Waals surface area (Å²) in [7, 11) is 1.48. The highest BCUT2D eigenvalue weighted by Crippen LogP contribution is 1.95. The Morgan fingerprint density at radius 2 is 1.90 bits per heavy atom. The molecule has 60 valence electrons. The molecule has 0 unspecified atom stereocenters.